The first kappa shape index (κ1) is 12.3. The van der Waals surface area contributed by atoms with Gasteiger partial charge in [-0.2, -0.15) is 0 Å². The van der Waals surface area contributed by atoms with Gasteiger partial charge in [-0.25, -0.2) is 4.79 Å². The molecule has 0 aliphatic carbocycles. The molecule has 0 saturated carbocycles. The van der Waals surface area contributed by atoms with Gasteiger partial charge in [0, 0.05) is 18.7 Å². The fourth-order valence-corrected chi connectivity index (χ4v) is 2.00. The monoisotopic (exact) mass is 257 g/mol. The molecule has 1 fully saturated rings. The predicted molar refractivity (Wildman–Crippen MR) is 66.4 cm³/mol. The Labute approximate surface area is 105 Å². The molecule has 0 spiro atoms. The quantitative estimate of drug-likeness (QED) is 0.778. The summed E-state index contributed by atoms with van der Waals surface area (Å²) in [6.45, 7) is 1.65. The fourth-order valence-electron chi connectivity index (χ4n) is 1.85. The second-order valence-electron chi connectivity index (χ2n) is 4.09. The third-order valence-electron chi connectivity index (χ3n) is 2.73. The topological polar surface area (TPSA) is 66.3 Å². The number of urea groups is 1. The van der Waals surface area contributed by atoms with Crippen LogP contribution in [0.15, 0.2) is 16.5 Å². The number of furan rings is 1. The minimum Gasteiger partial charge on any atom is -0.429 e. The Morgan fingerprint density at radius 1 is 1.53 bits per heavy atom. The van der Waals surface area contributed by atoms with Gasteiger partial charge in [0.15, 0.2) is 5.22 Å². The lowest BCUT2D eigenvalue weighted by Crippen LogP contribution is -2.44. The van der Waals surface area contributed by atoms with Gasteiger partial charge in [0.05, 0.1) is 0 Å². The second-order valence-corrected chi connectivity index (χ2v) is 4.46. The van der Waals surface area contributed by atoms with Gasteiger partial charge in [-0.05, 0) is 37.1 Å². The van der Waals surface area contributed by atoms with Crippen LogP contribution in [0.1, 0.15) is 19.3 Å². The van der Waals surface area contributed by atoms with Gasteiger partial charge in [0.2, 0.25) is 5.88 Å². The molecule has 1 saturated heterocycles. The average molecular weight is 258 g/mol. The molecule has 0 bridgehead atoms. The zero-order valence-electron chi connectivity index (χ0n) is 9.46. The van der Waals surface area contributed by atoms with Crippen LogP contribution >= 0.6 is 11.6 Å². The van der Waals surface area contributed by atoms with Crippen molar-refractivity contribution in [3.8, 4) is 0 Å². The molecule has 17 heavy (non-hydrogen) atoms. The molecule has 6 heteroatoms. The van der Waals surface area contributed by atoms with Gasteiger partial charge in [0.1, 0.15) is 0 Å². The number of nitrogens with one attached hydrogen (secondary N) is 3. The van der Waals surface area contributed by atoms with E-state index in [-0.39, 0.29) is 11.3 Å². The second kappa shape index (κ2) is 5.93. The molecule has 94 valence electrons. The van der Waals surface area contributed by atoms with Gasteiger partial charge in [-0.3, -0.25) is 5.32 Å². The Hall–Kier alpha value is -1.20. The molecule has 2 heterocycles. The van der Waals surface area contributed by atoms with Gasteiger partial charge < -0.3 is 15.1 Å². The van der Waals surface area contributed by atoms with Crippen molar-refractivity contribution in [2.75, 3.05) is 18.4 Å². The molecule has 0 radical (unpaired) electrons. The number of carbonyl (C=O) groups excluding carboxylic acids is 1. The van der Waals surface area contributed by atoms with Crippen molar-refractivity contribution < 1.29 is 9.21 Å². The fraction of sp³-hybridized carbons (Fsp3) is 0.545. The summed E-state index contributed by atoms with van der Waals surface area (Å²) in [6, 6.07) is 3.29. The highest BCUT2D eigenvalue weighted by molar-refractivity contribution is 6.29. The summed E-state index contributed by atoms with van der Waals surface area (Å²) in [5, 5.41) is 8.98. The van der Waals surface area contributed by atoms with Crippen molar-refractivity contribution in [3.05, 3.63) is 17.4 Å². The van der Waals surface area contributed by atoms with Gasteiger partial charge in [-0.1, -0.05) is 6.42 Å². The van der Waals surface area contributed by atoms with Crippen molar-refractivity contribution in [1.29, 1.82) is 0 Å². The summed E-state index contributed by atoms with van der Waals surface area (Å²) in [5.74, 6) is 0.351. The summed E-state index contributed by atoms with van der Waals surface area (Å²) < 4.78 is 5.02. The maximum Gasteiger partial charge on any atom is 0.321 e. The maximum atomic E-state index is 11.5. The number of hydrogen-bond donors (Lipinski definition) is 3. The number of hydrogen-bond acceptors (Lipinski definition) is 3. The number of halogens is 1. The van der Waals surface area contributed by atoms with Crippen LogP contribution < -0.4 is 16.0 Å². The molecule has 2 amide bonds. The van der Waals surface area contributed by atoms with E-state index in [0.29, 0.717) is 18.5 Å². The van der Waals surface area contributed by atoms with Crippen LogP contribution in [0.4, 0.5) is 10.7 Å². The van der Waals surface area contributed by atoms with Crippen LogP contribution in [-0.4, -0.2) is 25.2 Å². The van der Waals surface area contributed by atoms with Crippen LogP contribution in [0.3, 0.4) is 0 Å². The van der Waals surface area contributed by atoms with E-state index in [1.54, 1.807) is 12.1 Å². The summed E-state index contributed by atoms with van der Waals surface area (Å²) >= 11 is 5.59. The Bertz CT molecular complexity index is 375. The molecule has 2 rings (SSSR count). The molecule has 1 aliphatic heterocycles. The predicted octanol–water partition coefficient (Wildman–Crippen LogP) is 2.20. The van der Waals surface area contributed by atoms with E-state index in [1.807, 2.05) is 0 Å². The van der Waals surface area contributed by atoms with Crippen LogP contribution in [0.5, 0.6) is 0 Å². The third kappa shape index (κ3) is 3.94. The Balaban J connectivity index is 1.70. The number of carbonyl (C=O) groups is 1. The number of amides is 2. The SMILES string of the molecule is O=C(NCC1CCCCN1)Nc1ccc(Cl)o1. The Morgan fingerprint density at radius 2 is 2.41 bits per heavy atom. The summed E-state index contributed by atoms with van der Waals surface area (Å²) in [4.78, 5) is 11.5. The van der Waals surface area contributed by atoms with E-state index >= 15 is 0 Å². The Kier molecular flexibility index (Phi) is 4.28. The van der Waals surface area contributed by atoms with Crippen LogP contribution in [0.2, 0.25) is 5.22 Å². The number of rotatable bonds is 3. The van der Waals surface area contributed by atoms with Gasteiger partial charge >= 0.3 is 6.03 Å². The molecular formula is C11H16ClN3O2. The molecule has 1 unspecified atom stereocenters. The highest BCUT2D eigenvalue weighted by Crippen LogP contribution is 2.17. The summed E-state index contributed by atoms with van der Waals surface area (Å²) in [6.07, 6.45) is 3.54. The van der Waals surface area contributed by atoms with E-state index in [2.05, 4.69) is 16.0 Å². The molecule has 1 aromatic heterocycles. The van der Waals surface area contributed by atoms with Crippen molar-refractivity contribution in [3.63, 3.8) is 0 Å². The van der Waals surface area contributed by atoms with Crippen molar-refractivity contribution in [1.82, 2.24) is 10.6 Å². The number of piperidine rings is 1. The number of anilines is 1. The first-order valence-electron chi connectivity index (χ1n) is 5.77. The third-order valence-corrected chi connectivity index (χ3v) is 2.93. The largest absolute Gasteiger partial charge is 0.429 e. The Morgan fingerprint density at radius 3 is 3.06 bits per heavy atom. The normalized spacial score (nSPS) is 19.9. The zero-order valence-corrected chi connectivity index (χ0v) is 10.2. The highest BCUT2D eigenvalue weighted by atomic mass is 35.5. The lowest BCUT2D eigenvalue weighted by atomic mass is 10.1. The standard InChI is InChI=1S/C11H16ClN3O2/c12-9-4-5-10(17-9)15-11(16)14-7-8-3-1-2-6-13-8/h4-5,8,13H,1-3,6-7H2,(H2,14,15,16). The lowest BCUT2D eigenvalue weighted by molar-refractivity contribution is 0.249. The molecule has 1 aliphatic rings. The summed E-state index contributed by atoms with van der Waals surface area (Å²) in [5.41, 5.74) is 0. The molecule has 0 aromatic carbocycles. The molecule has 1 atom stereocenters. The van der Waals surface area contributed by atoms with E-state index < -0.39 is 0 Å². The van der Waals surface area contributed by atoms with Crippen molar-refractivity contribution >= 4 is 23.5 Å². The minimum absolute atomic E-state index is 0.259. The van der Waals surface area contributed by atoms with Crippen molar-refractivity contribution in [2.45, 2.75) is 25.3 Å². The van der Waals surface area contributed by atoms with Crippen molar-refractivity contribution in [2.24, 2.45) is 0 Å². The smallest absolute Gasteiger partial charge is 0.321 e. The van der Waals surface area contributed by atoms with Crippen LogP contribution in [0.25, 0.3) is 0 Å². The van der Waals surface area contributed by atoms with Crippen LogP contribution in [-0.2, 0) is 0 Å². The zero-order chi connectivity index (χ0) is 12.1. The van der Waals surface area contributed by atoms with E-state index in [4.69, 9.17) is 16.0 Å². The minimum atomic E-state index is -0.275. The van der Waals surface area contributed by atoms with E-state index in [0.717, 1.165) is 13.0 Å². The van der Waals surface area contributed by atoms with Crippen LogP contribution in [0, 0.1) is 0 Å². The summed E-state index contributed by atoms with van der Waals surface area (Å²) in [7, 11) is 0. The maximum absolute atomic E-state index is 11.5. The van der Waals surface area contributed by atoms with E-state index in [9.17, 15) is 4.79 Å². The van der Waals surface area contributed by atoms with Gasteiger partial charge in [0.25, 0.3) is 0 Å². The molecular weight excluding hydrogens is 242 g/mol. The highest BCUT2D eigenvalue weighted by Gasteiger charge is 2.13. The molecule has 5 nitrogen and oxygen atoms in total. The lowest BCUT2D eigenvalue weighted by Gasteiger charge is -2.23. The van der Waals surface area contributed by atoms with Gasteiger partial charge in [-0.15, -0.1) is 0 Å². The average Bonchev–Trinajstić information content (AvgIpc) is 2.73. The molecule has 1 aromatic rings. The molecule has 3 N–H and O–H groups in total. The first-order valence-corrected chi connectivity index (χ1v) is 6.15. The first-order chi connectivity index (χ1) is 8.24. The van der Waals surface area contributed by atoms with E-state index in [1.165, 1.54) is 12.8 Å².